The lowest BCUT2D eigenvalue weighted by atomic mass is 10.2. The van der Waals surface area contributed by atoms with Crippen molar-refractivity contribution in [3.05, 3.63) is 34.4 Å². The Morgan fingerprint density at radius 1 is 1.42 bits per heavy atom. The molecule has 1 aliphatic rings. The first-order chi connectivity index (χ1) is 9.24. The Bertz CT molecular complexity index is 613. The Labute approximate surface area is 120 Å². The molecule has 0 amide bonds. The Morgan fingerprint density at radius 3 is 3.00 bits per heavy atom. The summed E-state index contributed by atoms with van der Waals surface area (Å²) in [5.41, 5.74) is 2.32. The number of fused-ring (bicyclic) bond motifs is 1. The van der Waals surface area contributed by atoms with E-state index in [1.54, 1.807) is 7.05 Å². The van der Waals surface area contributed by atoms with Crippen molar-refractivity contribution in [1.29, 1.82) is 0 Å². The molecule has 0 radical (unpaired) electrons. The van der Waals surface area contributed by atoms with Crippen LogP contribution in [0.4, 0.5) is 0 Å². The number of aromatic amines is 1. The molecule has 1 fully saturated rings. The first kappa shape index (κ1) is 12.5. The zero-order valence-electron chi connectivity index (χ0n) is 10.8. The Kier molecular flexibility index (Phi) is 3.46. The third kappa shape index (κ3) is 3.10. The molecule has 100 valence electrons. The average Bonchev–Trinajstić information content (AvgIpc) is 3.13. The summed E-state index contributed by atoms with van der Waals surface area (Å²) in [6, 6.07) is 9.03. The van der Waals surface area contributed by atoms with Crippen LogP contribution in [0.2, 0.25) is 0 Å². The fourth-order valence-corrected chi connectivity index (χ4v) is 2.43. The number of H-pyrrole nitrogens is 1. The highest BCUT2D eigenvalue weighted by molar-refractivity contribution is 9.10. The van der Waals surface area contributed by atoms with E-state index in [1.807, 2.05) is 6.07 Å². The van der Waals surface area contributed by atoms with E-state index in [9.17, 15) is 0 Å². The largest absolute Gasteiger partial charge is 0.357 e. The zero-order chi connectivity index (χ0) is 13.2. The van der Waals surface area contributed by atoms with Gasteiger partial charge in [-0.15, -0.1) is 0 Å². The number of hydrogen-bond donors (Lipinski definition) is 3. The number of aliphatic imine (C=N–C) groups is 1. The molecule has 19 heavy (non-hydrogen) atoms. The van der Waals surface area contributed by atoms with Gasteiger partial charge in [0.25, 0.3) is 0 Å². The van der Waals surface area contributed by atoms with Gasteiger partial charge in [0.1, 0.15) is 0 Å². The zero-order valence-corrected chi connectivity index (χ0v) is 12.4. The van der Waals surface area contributed by atoms with Gasteiger partial charge in [0.05, 0.1) is 6.54 Å². The molecule has 0 atom stereocenters. The van der Waals surface area contributed by atoms with E-state index in [0.29, 0.717) is 6.04 Å². The van der Waals surface area contributed by atoms with E-state index in [4.69, 9.17) is 0 Å². The molecule has 3 rings (SSSR count). The summed E-state index contributed by atoms with van der Waals surface area (Å²) < 4.78 is 1.10. The number of nitrogens with one attached hydrogen (secondary N) is 3. The van der Waals surface area contributed by atoms with Crippen molar-refractivity contribution >= 4 is 32.8 Å². The maximum atomic E-state index is 4.22. The number of hydrogen-bond acceptors (Lipinski definition) is 1. The van der Waals surface area contributed by atoms with Gasteiger partial charge in [0.2, 0.25) is 0 Å². The van der Waals surface area contributed by atoms with Crippen LogP contribution in [0, 0.1) is 0 Å². The lowest BCUT2D eigenvalue weighted by Crippen LogP contribution is -2.38. The lowest BCUT2D eigenvalue weighted by molar-refractivity contribution is 0.796. The molecule has 1 aromatic carbocycles. The van der Waals surface area contributed by atoms with Gasteiger partial charge < -0.3 is 15.6 Å². The second-order valence-corrected chi connectivity index (χ2v) is 5.79. The lowest BCUT2D eigenvalue weighted by Gasteiger charge is -2.09. The summed E-state index contributed by atoms with van der Waals surface area (Å²) in [5.74, 6) is 0.877. The van der Waals surface area contributed by atoms with Crippen LogP contribution in [-0.2, 0) is 6.54 Å². The number of halogens is 1. The van der Waals surface area contributed by atoms with Gasteiger partial charge in [-0.3, -0.25) is 4.99 Å². The standard InChI is InChI=1S/C14H17BrN4/c1-16-14(19-11-3-4-11)17-8-12-7-9-6-10(15)2-5-13(9)18-12/h2,5-7,11,18H,3-4,8H2,1H3,(H2,16,17,19). The molecule has 0 unspecified atom stereocenters. The SMILES string of the molecule is CN=C(NCc1cc2cc(Br)ccc2[nH]1)NC1CC1. The van der Waals surface area contributed by atoms with Crippen molar-refractivity contribution in [2.75, 3.05) is 7.05 Å². The Morgan fingerprint density at radius 2 is 2.26 bits per heavy atom. The van der Waals surface area contributed by atoms with Crippen LogP contribution in [0.15, 0.2) is 33.7 Å². The number of nitrogens with zero attached hydrogens (tertiary/aromatic N) is 1. The minimum Gasteiger partial charge on any atom is -0.357 e. The van der Waals surface area contributed by atoms with Crippen molar-refractivity contribution in [3.63, 3.8) is 0 Å². The monoisotopic (exact) mass is 320 g/mol. The number of aromatic nitrogens is 1. The summed E-state index contributed by atoms with van der Waals surface area (Å²) in [5, 5.41) is 7.92. The van der Waals surface area contributed by atoms with Gasteiger partial charge in [-0.05, 0) is 37.1 Å². The summed E-state index contributed by atoms with van der Waals surface area (Å²) in [4.78, 5) is 7.63. The highest BCUT2D eigenvalue weighted by atomic mass is 79.9. The van der Waals surface area contributed by atoms with Crippen LogP contribution < -0.4 is 10.6 Å². The molecule has 2 aromatic rings. The molecule has 0 saturated heterocycles. The smallest absolute Gasteiger partial charge is 0.191 e. The predicted octanol–water partition coefficient (Wildman–Crippen LogP) is 2.76. The van der Waals surface area contributed by atoms with Crippen LogP contribution in [0.1, 0.15) is 18.5 Å². The van der Waals surface area contributed by atoms with Crippen molar-refractivity contribution in [2.45, 2.75) is 25.4 Å². The molecule has 4 nitrogen and oxygen atoms in total. The first-order valence-electron chi connectivity index (χ1n) is 6.49. The first-order valence-corrected chi connectivity index (χ1v) is 7.28. The van der Waals surface area contributed by atoms with Gasteiger partial charge in [-0.25, -0.2) is 0 Å². The predicted molar refractivity (Wildman–Crippen MR) is 82.4 cm³/mol. The molecular weight excluding hydrogens is 304 g/mol. The minimum absolute atomic E-state index is 0.616. The van der Waals surface area contributed by atoms with Crippen LogP contribution in [0.3, 0.4) is 0 Å². The molecule has 1 aromatic heterocycles. The number of rotatable bonds is 3. The molecule has 0 spiro atoms. The molecule has 5 heteroatoms. The molecule has 1 saturated carbocycles. The number of guanidine groups is 1. The second kappa shape index (κ2) is 5.25. The van der Waals surface area contributed by atoms with E-state index in [1.165, 1.54) is 18.2 Å². The maximum absolute atomic E-state index is 4.22. The number of benzene rings is 1. The van der Waals surface area contributed by atoms with Gasteiger partial charge in [0, 0.05) is 34.2 Å². The summed E-state index contributed by atoms with van der Waals surface area (Å²) in [7, 11) is 1.81. The van der Waals surface area contributed by atoms with Crippen molar-refractivity contribution < 1.29 is 0 Å². The summed E-state index contributed by atoms with van der Waals surface area (Å²) in [6.07, 6.45) is 2.50. The van der Waals surface area contributed by atoms with Gasteiger partial charge >= 0.3 is 0 Å². The highest BCUT2D eigenvalue weighted by Gasteiger charge is 2.22. The van der Waals surface area contributed by atoms with Gasteiger partial charge in [-0.1, -0.05) is 15.9 Å². The van der Waals surface area contributed by atoms with E-state index >= 15 is 0 Å². The molecule has 1 aliphatic carbocycles. The summed E-state index contributed by atoms with van der Waals surface area (Å²) in [6.45, 7) is 0.749. The molecular formula is C14H17BrN4. The Balaban J connectivity index is 1.67. The quantitative estimate of drug-likeness (QED) is 0.601. The normalized spacial score (nSPS) is 15.8. The minimum atomic E-state index is 0.616. The van der Waals surface area contributed by atoms with Gasteiger partial charge in [0.15, 0.2) is 5.96 Å². The topological polar surface area (TPSA) is 52.2 Å². The molecule has 0 bridgehead atoms. The third-order valence-electron chi connectivity index (χ3n) is 3.23. The van der Waals surface area contributed by atoms with Crippen LogP contribution in [-0.4, -0.2) is 24.0 Å². The molecule has 1 heterocycles. The Hall–Kier alpha value is -1.49. The summed E-state index contributed by atoms with van der Waals surface area (Å²) >= 11 is 3.49. The van der Waals surface area contributed by atoms with E-state index < -0.39 is 0 Å². The molecule has 3 N–H and O–H groups in total. The van der Waals surface area contributed by atoms with Crippen LogP contribution in [0.25, 0.3) is 10.9 Å². The average molecular weight is 321 g/mol. The van der Waals surface area contributed by atoms with Crippen molar-refractivity contribution in [2.24, 2.45) is 4.99 Å². The third-order valence-corrected chi connectivity index (χ3v) is 3.72. The van der Waals surface area contributed by atoms with Crippen molar-refractivity contribution in [3.8, 4) is 0 Å². The van der Waals surface area contributed by atoms with E-state index in [0.717, 1.165) is 28.2 Å². The fourth-order valence-electron chi connectivity index (χ4n) is 2.05. The second-order valence-electron chi connectivity index (χ2n) is 4.87. The van der Waals surface area contributed by atoms with Gasteiger partial charge in [-0.2, -0.15) is 0 Å². The fraction of sp³-hybridized carbons (Fsp3) is 0.357. The van der Waals surface area contributed by atoms with E-state index in [-0.39, 0.29) is 0 Å². The molecule has 0 aliphatic heterocycles. The highest BCUT2D eigenvalue weighted by Crippen LogP contribution is 2.20. The van der Waals surface area contributed by atoms with Crippen LogP contribution in [0.5, 0.6) is 0 Å². The van der Waals surface area contributed by atoms with E-state index in [2.05, 4.69) is 54.7 Å². The van der Waals surface area contributed by atoms with Crippen molar-refractivity contribution in [1.82, 2.24) is 15.6 Å². The maximum Gasteiger partial charge on any atom is 0.191 e. The van der Waals surface area contributed by atoms with Crippen LogP contribution >= 0.6 is 15.9 Å².